The van der Waals surface area contributed by atoms with Crippen LogP contribution in [-0.2, 0) is 11.3 Å². The van der Waals surface area contributed by atoms with E-state index in [2.05, 4.69) is 48.1 Å². The third-order valence-electron chi connectivity index (χ3n) is 5.35. The van der Waals surface area contributed by atoms with Crippen LogP contribution in [0.2, 0.25) is 0 Å². The summed E-state index contributed by atoms with van der Waals surface area (Å²) in [4.78, 5) is 17.8. The molecule has 2 saturated heterocycles. The number of anilines is 1. The molecule has 1 atom stereocenters. The first-order valence-electron chi connectivity index (χ1n) is 9.42. The van der Waals surface area contributed by atoms with E-state index in [9.17, 15) is 0 Å². The SMILES string of the molecule is c1ncc2cc(N3CCN(Cc4noc(C5CCOC5)n4)CC3)ccc2n1. The fraction of sp³-hybridized carbons (Fsp3) is 0.474. The molecule has 27 heavy (non-hydrogen) atoms. The Kier molecular flexibility index (Phi) is 4.43. The predicted octanol–water partition coefficient (Wildman–Crippen LogP) is 1.84. The summed E-state index contributed by atoms with van der Waals surface area (Å²) in [5.41, 5.74) is 2.20. The van der Waals surface area contributed by atoms with E-state index in [1.54, 1.807) is 6.33 Å². The first kappa shape index (κ1) is 16.6. The Hall–Kier alpha value is -2.58. The Bertz CT molecular complexity index is 915. The van der Waals surface area contributed by atoms with Crippen molar-refractivity contribution in [2.45, 2.75) is 18.9 Å². The molecule has 3 aromatic rings. The van der Waals surface area contributed by atoms with Crippen LogP contribution in [0, 0.1) is 0 Å². The number of aromatic nitrogens is 4. The van der Waals surface area contributed by atoms with Crippen LogP contribution in [0.4, 0.5) is 5.69 Å². The summed E-state index contributed by atoms with van der Waals surface area (Å²) in [5.74, 6) is 1.76. The zero-order valence-electron chi connectivity index (χ0n) is 15.1. The maximum atomic E-state index is 5.43. The summed E-state index contributed by atoms with van der Waals surface area (Å²) in [6, 6.07) is 6.37. The third-order valence-corrected chi connectivity index (χ3v) is 5.35. The number of nitrogens with zero attached hydrogens (tertiary/aromatic N) is 6. The van der Waals surface area contributed by atoms with Crippen molar-refractivity contribution in [1.29, 1.82) is 0 Å². The molecule has 0 aliphatic carbocycles. The molecular weight excluding hydrogens is 344 g/mol. The summed E-state index contributed by atoms with van der Waals surface area (Å²) in [6.45, 7) is 6.10. The molecule has 8 nitrogen and oxygen atoms in total. The standard InChI is InChI=1S/C19H22N6O2/c1-2-17-15(10-20-13-21-17)9-16(1)25-6-4-24(5-7-25)11-18-22-19(27-23-18)14-3-8-26-12-14/h1-2,9-10,13-14H,3-8,11-12H2. The van der Waals surface area contributed by atoms with E-state index in [-0.39, 0.29) is 5.92 Å². The molecule has 1 unspecified atom stereocenters. The Morgan fingerprint density at radius 3 is 2.93 bits per heavy atom. The van der Waals surface area contributed by atoms with Gasteiger partial charge in [0.2, 0.25) is 5.89 Å². The molecule has 8 heteroatoms. The number of fused-ring (bicyclic) bond motifs is 1. The van der Waals surface area contributed by atoms with Crippen LogP contribution in [0.25, 0.3) is 10.9 Å². The van der Waals surface area contributed by atoms with E-state index in [1.165, 1.54) is 5.69 Å². The van der Waals surface area contributed by atoms with Gasteiger partial charge in [-0.15, -0.1) is 0 Å². The zero-order chi connectivity index (χ0) is 18.1. The van der Waals surface area contributed by atoms with Crippen molar-refractivity contribution < 1.29 is 9.26 Å². The molecule has 2 aliphatic heterocycles. The van der Waals surface area contributed by atoms with E-state index < -0.39 is 0 Å². The molecule has 0 saturated carbocycles. The van der Waals surface area contributed by atoms with Crippen LogP contribution < -0.4 is 4.90 Å². The molecule has 4 heterocycles. The maximum Gasteiger partial charge on any atom is 0.232 e. The van der Waals surface area contributed by atoms with Gasteiger partial charge in [0, 0.05) is 50.1 Å². The Morgan fingerprint density at radius 1 is 1.15 bits per heavy atom. The fourth-order valence-corrected chi connectivity index (χ4v) is 3.76. The largest absolute Gasteiger partial charge is 0.381 e. The average molecular weight is 366 g/mol. The fourth-order valence-electron chi connectivity index (χ4n) is 3.76. The summed E-state index contributed by atoms with van der Waals surface area (Å²) in [6.07, 6.45) is 4.42. The zero-order valence-corrected chi connectivity index (χ0v) is 15.1. The van der Waals surface area contributed by atoms with E-state index in [1.807, 2.05) is 6.20 Å². The van der Waals surface area contributed by atoms with Crippen molar-refractivity contribution in [3.05, 3.63) is 42.4 Å². The van der Waals surface area contributed by atoms with E-state index >= 15 is 0 Å². The molecule has 1 aromatic carbocycles. The lowest BCUT2D eigenvalue weighted by atomic mass is 10.1. The number of piperazine rings is 1. The van der Waals surface area contributed by atoms with Crippen molar-refractivity contribution in [3.63, 3.8) is 0 Å². The van der Waals surface area contributed by atoms with Gasteiger partial charge in [0.05, 0.1) is 24.6 Å². The predicted molar refractivity (Wildman–Crippen MR) is 99.5 cm³/mol. The highest BCUT2D eigenvalue weighted by atomic mass is 16.5. The second-order valence-corrected chi connectivity index (χ2v) is 7.14. The van der Waals surface area contributed by atoms with Gasteiger partial charge in [-0.3, -0.25) is 4.90 Å². The van der Waals surface area contributed by atoms with Crippen LogP contribution in [0.3, 0.4) is 0 Å². The number of hydrogen-bond donors (Lipinski definition) is 0. The smallest absolute Gasteiger partial charge is 0.232 e. The highest BCUT2D eigenvalue weighted by molar-refractivity contribution is 5.81. The van der Waals surface area contributed by atoms with Gasteiger partial charge in [-0.25, -0.2) is 9.97 Å². The number of hydrogen-bond acceptors (Lipinski definition) is 8. The van der Waals surface area contributed by atoms with Crippen molar-refractivity contribution in [2.75, 3.05) is 44.3 Å². The molecule has 2 fully saturated rings. The van der Waals surface area contributed by atoms with Crippen LogP contribution in [0.5, 0.6) is 0 Å². The monoisotopic (exact) mass is 366 g/mol. The minimum Gasteiger partial charge on any atom is -0.381 e. The third kappa shape index (κ3) is 3.50. The lowest BCUT2D eigenvalue weighted by molar-refractivity contribution is 0.189. The maximum absolute atomic E-state index is 5.43. The first-order chi connectivity index (χ1) is 13.3. The summed E-state index contributed by atoms with van der Waals surface area (Å²) in [5, 5.41) is 5.23. The lowest BCUT2D eigenvalue weighted by Crippen LogP contribution is -2.46. The Balaban J connectivity index is 1.19. The molecule has 0 N–H and O–H groups in total. The Morgan fingerprint density at radius 2 is 2.07 bits per heavy atom. The second kappa shape index (κ2) is 7.21. The minimum absolute atomic E-state index is 0.264. The van der Waals surface area contributed by atoms with E-state index in [0.29, 0.717) is 6.61 Å². The molecule has 2 aromatic heterocycles. The van der Waals surface area contributed by atoms with Gasteiger partial charge in [-0.2, -0.15) is 4.98 Å². The van der Waals surface area contributed by atoms with Gasteiger partial charge in [0.25, 0.3) is 0 Å². The van der Waals surface area contributed by atoms with E-state index in [0.717, 1.165) is 68.4 Å². The van der Waals surface area contributed by atoms with Crippen LogP contribution >= 0.6 is 0 Å². The lowest BCUT2D eigenvalue weighted by Gasteiger charge is -2.35. The normalized spacial score (nSPS) is 21.2. The van der Waals surface area contributed by atoms with Gasteiger partial charge in [-0.05, 0) is 24.6 Å². The van der Waals surface area contributed by atoms with Crippen molar-refractivity contribution in [1.82, 2.24) is 25.0 Å². The quantitative estimate of drug-likeness (QED) is 0.692. The Labute approximate surface area is 157 Å². The summed E-state index contributed by atoms with van der Waals surface area (Å²) in [7, 11) is 0. The highest BCUT2D eigenvalue weighted by Gasteiger charge is 2.25. The average Bonchev–Trinajstić information content (AvgIpc) is 3.40. The molecule has 140 valence electrons. The molecule has 0 amide bonds. The molecule has 0 radical (unpaired) electrons. The van der Waals surface area contributed by atoms with Crippen LogP contribution in [0.15, 0.2) is 35.2 Å². The first-order valence-corrected chi connectivity index (χ1v) is 9.42. The molecule has 0 bridgehead atoms. The van der Waals surface area contributed by atoms with Crippen molar-refractivity contribution >= 4 is 16.6 Å². The van der Waals surface area contributed by atoms with Crippen LogP contribution in [0.1, 0.15) is 24.1 Å². The minimum atomic E-state index is 0.264. The van der Waals surface area contributed by atoms with Crippen molar-refractivity contribution in [3.8, 4) is 0 Å². The molecule has 2 aliphatic rings. The number of rotatable bonds is 4. The van der Waals surface area contributed by atoms with Gasteiger partial charge in [0.15, 0.2) is 5.82 Å². The summed E-state index contributed by atoms with van der Waals surface area (Å²) >= 11 is 0. The van der Waals surface area contributed by atoms with Gasteiger partial charge in [-0.1, -0.05) is 5.16 Å². The molecular formula is C19H22N6O2. The number of benzene rings is 1. The topological polar surface area (TPSA) is 80.4 Å². The summed E-state index contributed by atoms with van der Waals surface area (Å²) < 4.78 is 10.8. The highest BCUT2D eigenvalue weighted by Crippen LogP contribution is 2.24. The van der Waals surface area contributed by atoms with Crippen LogP contribution in [-0.4, -0.2) is 64.4 Å². The molecule has 0 spiro atoms. The van der Waals surface area contributed by atoms with Gasteiger partial charge < -0.3 is 14.2 Å². The van der Waals surface area contributed by atoms with E-state index in [4.69, 9.17) is 9.26 Å². The molecule has 5 rings (SSSR count). The number of ether oxygens (including phenoxy) is 1. The van der Waals surface area contributed by atoms with Gasteiger partial charge >= 0.3 is 0 Å². The second-order valence-electron chi connectivity index (χ2n) is 7.14. The van der Waals surface area contributed by atoms with Gasteiger partial charge in [0.1, 0.15) is 6.33 Å². The van der Waals surface area contributed by atoms with Crippen molar-refractivity contribution in [2.24, 2.45) is 0 Å².